The predicted octanol–water partition coefficient (Wildman–Crippen LogP) is 2.53. The van der Waals surface area contributed by atoms with E-state index in [1.54, 1.807) is 11.3 Å². The molecule has 13 heavy (non-hydrogen) atoms. The number of hydrogen-bond donors (Lipinski definition) is 1. The van der Waals surface area contributed by atoms with Crippen LogP contribution in [0.25, 0.3) is 0 Å². The third-order valence-electron chi connectivity index (χ3n) is 1.93. The molecule has 1 rings (SSSR count). The number of carbonyl (C=O) groups is 1. The fraction of sp³-hybridized carbons (Fsp3) is 0.444. The Balaban J connectivity index is 2.68. The van der Waals surface area contributed by atoms with Gasteiger partial charge in [-0.1, -0.05) is 6.92 Å². The van der Waals surface area contributed by atoms with E-state index in [9.17, 15) is 4.79 Å². The Bertz CT molecular complexity index is 269. The summed E-state index contributed by atoms with van der Waals surface area (Å²) in [5.41, 5.74) is 1.08. The quantitative estimate of drug-likeness (QED) is 0.620. The summed E-state index contributed by atoms with van der Waals surface area (Å²) < 4.78 is 4.65. The summed E-state index contributed by atoms with van der Waals surface area (Å²) in [6.45, 7) is 1.82. The number of ether oxygens (including phenoxy) is 1. The first-order chi connectivity index (χ1) is 6.16. The molecule has 0 saturated heterocycles. The van der Waals surface area contributed by atoms with Crippen molar-refractivity contribution in [3.05, 3.63) is 22.4 Å². The molecule has 0 aliphatic heterocycles. The largest absolute Gasteiger partial charge is 0.469 e. The van der Waals surface area contributed by atoms with Gasteiger partial charge < -0.3 is 4.74 Å². The van der Waals surface area contributed by atoms with Crippen LogP contribution in [0.3, 0.4) is 0 Å². The van der Waals surface area contributed by atoms with Crippen molar-refractivity contribution in [2.75, 3.05) is 7.11 Å². The van der Waals surface area contributed by atoms with Gasteiger partial charge in [-0.05, 0) is 22.4 Å². The van der Waals surface area contributed by atoms with Crippen molar-refractivity contribution >= 4 is 29.9 Å². The summed E-state index contributed by atoms with van der Waals surface area (Å²) in [7, 11) is 1.40. The molecule has 0 aliphatic rings. The number of methoxy groups -OCH3 is 1. The second kappa shape index (κ2) is 4.67. The van der Waals surface area contributed by atoms with Crippen LogP contribution in [-0.4, -0.2) is 13.1 Å². The zero-order valence-electron chi connectivity index (χ0n) is 7.56. The van der Waals surface area contributed by atoms with Gasteiger partial charge in [0.15, 0.2) is 0 Å². The van der Waals surface area contributed by atoms with E-state index in [0.29, 0.717) is 0 Å². The second-order valence-electron chi connectivity index (χ2n) is 2.81. The molecule has 2 atom stereocenters. The van der Waals surface area contributed by atoms with Gasteiger partial charge in [-0.3, -0.25) is 4.79 Å². The highest BCUT2D eigenvalue weighted by Crippen LogP contribution is 2.30. The highest BCUT2D eigenvalue weighted by Gasteiger charge is 2.23. The van der Waals surface area contributed by atoms with Gasteiger partial charge in [0.1, 0.15) is 0 Å². The van der Waals surface area contributed by atoms with E-state index in [4.69, 9.17) is 0 Å². The zero-order chi connectivity index (χ0) is 9.84. The van der Waals surface area contributed by atoms with E-state index in [1.807, 2.05) is 23.8 Å². The molecule has 0 spiro atoms. The van der Waals surface area contributed by atoms with Gasteiger partial charge in [0.05, 0.1) is 13.0 Å². The van der Waals surface area contributed by atoms with Crippen LogP contribution in [0, 0.1) is 5.92 Å². The van der Waals surface area contributed by atoms with Crippen LogP contribution in [0.2, 0.25) is 0 Å². The first-order valence-electron chi connectivity index (χ1n) is 3.94. The van der Waals surface area contributed by atoms with Crippen LogP contribution >= 0.6 is 24.0 Å². The molecule has 0 saturated carbocycles. The van der Waals surface area contributed by atoms with E-state index in [2.05, 4.69) is 17.4 Å². The maximum Gasteiger partial charge on any atom is 0.309 e. The lowest BCUT2D eigenvalue weighted by Gasteiger charge is -2.15. The van der Waals surface area contributed by atoms with Crippen LogP contribution in [-0.2, 0) is 9.53 Å². The van der Waals surface area contributed by atoms with Crippen molar-refractivity contribution in [3.8, 4) is 0 Å². The van der Waals surface area contributed by atoms with E-state index >= 15 is 0 Å². The normalized spacial score (nSPS) is 15.0. The Kier molecular flexibility index (Phi) is 3.81. The number of thiophene rings is 1. The average molecular weight is 216 g/mol. The van der Waals surface area contributed by atoms with E-state index in [0.717, 1.165) is 5.56 Å². The molecule has 0 radical (unpaired) electrons. The molecule has 4 heteroatoms. The SMILES string of the molecule is COC(=O)[C@@H](C)C(S)c1ccsc1. The molecule has 0 N–H and O–H groups in total. The first kappa shape index (κ1) is 10.6. The van der Waals surface area contributed by atoms with Crippen molar-refractivity contribution < 1.29 is 9.53 Å². The molecule has 0 aromatic carbocycles. The lowest BCUT2D eigenvalue weighted by Crippen LogP contribution is -2.17. The average Bonchev–Trinajstić information content (AvgIpc) is 2.67. The highest BCUT2D eigenvalue weighted by atomic mass is 32.1. The molecule has 1 unspecified atom stereocenters. The Morgan fingerprint density at radius 1 is 1.69 bits per heavy atom. The Morgan fingerprint density at radius 3 is 2.85 bits per heavy atom. The van der Waals surface area contributed by atoms with Crippen LogP contribution < -0.4 is 0 Å². The summed E-state index contributed by atoms with van der Waals surface area (Å²) in [4.78, 5) is 11.2. The number of carbonyl (C=O) groups excluding carboxylic acids is 1. The van der Waals surface area contributed by atoms with Gasteiger partial charge in [-0.2, -0.15) is 24.0 Å². The number of thiol groups is 1. The topological polar surface area (TPSA) is 26.3 Å². The van der Waals surface area contributed by atoms with Gasteiger partial charge in [-0.15, -0.1) is 0 Å². The molecule has 1 aromatic heterocycles. The molecule has 0 aliphatic carbocycles. The lowest BCUT2D eigenvalue weighted by atomic mass is 10.0. The Labute approximate surface area is 87.3 Å². The fourth-order valence-corrected chi connectivity index (χ4v) is 2.13. The second-order valence-corrected chi connectivity index (χ2v) is 4.15. The monoisotopic (exact) mass is 216 g/mol. The summed E-state index contributed by atoms with van der Waals surface area (Å²) >= 11 is 5.98. The molecule has 1 aromatic rings. The zero-order valence-corrected chi connectivity index (χ0v) is 9.27. The molecule has 0 amide bonds. The van der Waals surface area contributed by atoms with Gasteiger partial charge in [0.2, 0.25) is 0 Å². The van der Waals surface area contributed by atoms with E-state index < -0.39 is 0 Å². The lowest BCUT2D eigenvalue weighted by molar-refractivity contribution is -0.144. The minimum Gasteiger partial charge on any atom is -0.469 e. The minimum atomic E-state index is -0.216. The molecular formula is C9H12O2S2. The molecular weight excluding hydrogens is 204 g/mol. The van der Waals surface area contributed by atoms with Gasteiger partial charge in [0, 0.05) is 5.25 Å². The van der Waals surface area contributed by atoms with Crippen LogP contribution in [0.5, 0.6) is 0 Å². The Hall–Kier alpha value is -0.480. The van der Waals surface area contributed by atoms with Crippen LogP contribution in [0.15, 0.2) is 16.8 Å². The van der Waals surface area contributed by atoms with Gasteiger partial charge >= 0.3 is 5.97 Å². The fourth-order valence-electron chi connectivity index (χ4n) is 1.05. The van der Waals surface area contributed by atoms with Crippen LogP contribution in [0.4, 0.5) is 0 Å². The molecule has 1 heterocycles. The van der Waals surface area contributed by atoms with Crippen molar-refractivity contribution in [2.24, 2.45) is 5.92 Å². The maximum absolute atomic E-state index is 11.2. The smallest absolute Gasteiger partial charge is 0.309 e. The van der Waals surface area contributed by atoms with Crippen molar-refractivity contribution in [1.82, 2.24) is 0 Å². The van der Waals surface area contributed by atoms with Gasteiger partial charge in [0.25, 0.3) is 0 Å². The summed E-state index contributed by atoms with van der Waals surface area (Å²) in [5.74, 6) is -0.422. The molecule has 72 valence electrons. The van der Waals surface area contributed by atoms with E-state index in [1.165, 1.54) is 7.11 Å². The summed E-state index contributed by atoms with van der Waals surface area (Å²) in [6, 6.07) is 1.97. The molecule has 0 bridgehead atoms. The number of esters is 1. The van der Waals surface area contributed by atoms with Gasteiger partial charge in [-0.25, -0.2) is 0 Å². The maximum atomic E-state index is 11.2. The predicted molar refractivity (Wildman–Crippen MR) is 57.2 cm³/mol. The summed E-state index contributed by atoms with van der Waals surface area (Å²) in [5, 5.41) is 3.90. The third kappa shape index (κ3) is 2.48. The first-order valence-corrected chi connectivity index (χ1v) is 5.40. The number of hydrogen-bond acceptors (Lipinski definition) is 4. The third-order valence-corrected chi connectivity index (χ3v) is 3.38. The van der Waals surface area contributed by atoms with E-state index in [-0.39, 0.29) is 17.1 Å². The Morgan fingerprint density at radius 2 is 2.38 bits per heavy atom. The van der Waals surface area contributed by atoms with Crippen molar-refractivity contribution in [1.29, 1.82) is 0 Å². The van der Waals surface area contributed by atoms with Crippen molar-refractivity contribution in [2.45, 2.75) is 12.2 Å². The van der Waals surface area contributed by atoms with Crippen LogP contribution in [0.1, 0.15) is 17.7 Å². The number of rotatable bonds is 3. The molecule has 0 fully saturated rings. The molecule has 2 nitrogen and oxygen atoms in total. The summed E-state index contributed by atoms with van der Waals surface area (Å²) in [6.07, 6.45) is 0. The van der Waals surface area contributed by atoms with Crippen molar-refractivity contribution in [3.63, 3.8) is 0 Å². The standard InChI is InChI=1S/C9H12O2S2/c1-6(9(10)11-2)8(12)7-3-4-13-5-7/h3-6,8,12H,1-2H3/t6-,8?/m0/s1. The highest BCUT2D eigenvalue weighted by molar-refractivity contribution is 7.80. The minimum absolute atomic E-state index is 0.0706.